The van der Waals surface area contributed by atoms with Crippen LogP contribution in [0.5, 0.6) is 0 Å². The molecule has 0 N–H and O–H groups in total. The van der Waals surface area contributed by atoms with Crippen molar-refractivity contribution in [2.75, 3.05) is 0 Å². The van der Waals surface area contributed by atoms with E-state index in [1.807, 2.05) is 12.1 Å². The highest BCUT2D eigenvalue weighted by molar-refractivity contribution is 6.33. The Bertz CT molecular complexity index is 3800. The van der Waals surface area contributed by atoms with E-state index in [1.165, 1.54) is 65.0 Å². The SMILES string of the molecule is c1cc(-c2c3ccccc3c(-c3ccc4c(c3)oc3ccccc34)c3ccccc23)cc(-c2c3ccccc3cc3c2oc2c4ccccc4c4ccccc4c32)c1. The predicted octanol–water partition coefficient (Wildman–Crippen LogP) is 16.3. The summed E-state index contributed by atoms with van der Waals surface area (Å²) in [6, 6.07) is 70.2. The van der Waals surface area contributed by atoms with Gasteiger partial charge in [-0.3, -0.25) is 0 Å². The lowest BCUT2D eigenvalue weighted by atomic mass is 9.85. The second-order valence-corrected chi connectivity index (χ2v) is 15.5. The predicted molar refractivity (Wildman–Crippen MR) is 245 cm³/mol. The Balaban J connectivity index is 1.09. The fourth-order valence-electron chi connectivity index (χ4n) is 9.95. The molecule has 2 heteroatoms. The topological polar surface area (TPSA) is 26.3 Å². The Morgan fingerprint density at radius 1 is 0.241 bits per heavy atom. The van der Waals surface area contributed by atoms with Gasteiger partial charge in [0.15, 0.2) is 0 Å². The molecule has 0 saturated heterocycles. The Labute approximate surface area is 332 Å². The average Bonchev–Trinajstić information content (AvgIpc) is 3.86. The molecule has 2 aromatic heterocycles. The van der Waals surface area contributed by atoms with E-state index in [9.17, 15) is 0 Å². The zero-order valence-electron chi connectivity index (χ0n) is 31.3. The second kappa shape index (κ2) is 11.9. The van der Waals surface area contributed by atoms with Gasteiger partial charge in [0.2, 0.25) is 0 Å². The van der Waals surface area contributed by atoms with Crippen LogP contribution in [-0.2, 0) is 0 Å². The largest absolute Gasteiger partial charge is 0.456 e. The third-order valence-corrected chi connectivity index (χ3v) is 12.4. The van der Waals surface area contributed by atoms with E-state index in [4.69, 9.17) is 8.83 Å². The smallest absolute Gasteiger partial charge is 0.143 e. The summed E-state index contributed by atoms with van der Waals surface area (Å²) in [5.41, 5.74) is 10.6. The van der Waals surface area contributed by atoms with Gasteiger partial charge in [0.05, 0.1) is 0 Å². The summed E-state index contributed by atoms with van der Waals surface area (Å²) in [6.45, 7) is 0. The van der Waals surface area contributed by atoms with Crippen molar-refractivity contribution >= 4 is 97.7 Å². The molecule has 2 heterocycles. The lowest BCUT2D eigenvalue weighted by Crippen LogP contribution is -1.91. The molecule has 0 unspecified atom stereocenters. The van der Waals surface area contributed by atoms with Gasteiger partial charge in [-0.1, -0.05) is 164 Å². The van der Waals surface area contributed by atoms with Gasteiger partial charge in [-0.15, -0.1) is 0 Å². The molecule has 58 heavy (non-hydrogen) atoms. The highest BCUT2D eigenvalue weighted by atomic mass is 16.3. The normalized spacial score (nSPS) is 12.1. The molecule has 0 bridgehead atoms. The third kappa shape index (κ3) is 4.37. The van der Waals surface area contributed by atoms with Crippen LogP contribution in [0.2, 0.25) is 0 Å². The molecule has 268 valence electrons. The van der Waals surface area contributed by atoms with Crippen LogP contribution in [0.25, 0.3) is 131 Å². The lowest BCUT2D eigenvalue weighted by Gasteiger charge is -2.18. The van der Waals surface area contributed by atoms with Crippen LogP contribution in [0, 0.1) is 0 Å². The summed E-state index contributed by atoms with van der Waals surface area (Å²) in [5.74, 6) is 0. The minimum Gasteiger partial charge on any atom is -0.456 e. The molecule has 11 aromatic carbocycles. The van der Waals surface area contributed by atoms with Crippen LogP contribution in [0.3, 0.4) is 0 Å². The van der Waals surface area contributed by atoms with E-state index in [-0.39, 0.29) is 0 Å². The molecule has 13 rings (SSSR count). The third-order valence-electron chi connectivity index (χ3n) is 12.4. The summed E-state index contributed by atoms with van der Waals surface area (Å²) in [5, 5.41) is 16.6. The Hall–Kier alpha value is -7.68. The first kappa shape index (κ1) is 31.5. The van der Waals surface area contributed by atoms with Crippen LogP contribution in [0.4, 0.5) is 0 Å². The highest BCUT2D eigenvalue weighted by Crippen LogP contribution is 2.48. The maximum atomic E-state index is 7.16. The average molecular weight is 737 g/mol. The Morgan fingerprint density at radius 3 is 1.43 bits per heavy atom. The molecule has 0 aliphatic carbocycles. The van der Waals surface area contributed by atoms with Crippen LogP contribution in [-0.4, -0.2) is 0 Å². The maximum absolute atomic E-state index is 7.16. The summed E-state index contributed by atoms with van der Waals surface area (Å²) >= 11 is 0. The molecule has 13 aromatic rings. The van der Waals surface area contributed by atoms with Crippen molar-refractivity contribution in [3.05, 3.63) is 194 Å². The highest BCUT2D eigenvalue weighted by Gasteiger charge is 2.22. The van der Waals surface area contributed by atoms with E-state index in [0.717, 1.165) is 66.1 Å². The van der Waals surface area contributed by atoms with E-state index in [0.29, 0.717) is 0 Å². The van der Waals surface area contributed by atoms with E-state index >= 15 is 0 Å². The molecule has 0 fully saturated rings. The molecule has 0 amide bonds. The number of rotatable bonds is 3. The molecular formula is C56H32O2. The summed E-state index contributed by atoms with van der Waals surface area (Å²) < 4.78 is 13.6. The standard InChI is InChI=1S/C56H32O2/c1-2-17-37-33(14-1)31-48-54-42-21-5-3-18-38(42)39-19-4-10-26-47(39)55(54)58-56(48)53(37)35-16-13-15-34(30-35)51-43-22-6-8-24-45(43)52(46-25-9-7-23-44(46)51)36-28-29-41-40-20-11-12-27-49(40)57-50(41)32-36/h1-32H. The lowest BCUT2D eigenvalue weighted by molar-refractivity contribution is 0.669. The molecule has 0 aliphatic heterocycles. The van der Waals surface area contributed by atoms with Gasteiger partial charge in [0.25, 0.3) is 0 Å². The summed E-state index contributed by atoms with van der Waals surface area (Å²) in [7, 11) is 0. The van der Waals surface area contributed by atoms with Gasteiger partial charge in [-0.2, -0.15) is 0 Å². The van der Waals surface area contributed by atoms with E-state index in [1.54, 1.807) is 0 Å². The van der Waals surface area contributed by atoms with Gasteiger partial charge >= 0.3 is 0 Å². The van der Waals surface area contributed by atoms with Crippen molar-refractivity contribution < 1.29 is 8.83 Å². The minimum absolute atomic E-state index is 0.900. The monoisotopic (exact) mass is 736 g/mol. The van der Waals surface area contributed by atoms with E-state index in [2.05, 4.69) is 182 Å². The molecule has 0 atom stereocenters. The van der Waals surface area contributed by atoms with E-state index < -0.39 is 0 Å². The first-order valence-corrected chi connectivity index (χ1v) is 19.9. The van der Waals surface area contributed by atoms with Crippen molar-refractivity contribution in [3.8, 4) is 33.4 Å². The second-order valence-electron chi connectivity index (χ2n) is 15.5. The maximum Gasteiger partial charge on any atom is 0.143 e. The van der Waals surface area contributed by atoms with Gasteiger partial charge in [0.1, 0.15) is 22.3 Å². The number of para-hydroxylation sites is 1. The van der Waals surface area contributed by atoms with Gasteiger partial charge < -0.3 is 8.83 Å². The van der Waals surface area contributed by atoms with Crippen molar-refractivity contribution in [1.82, 2.24) is 0 Å². The molecule has 0 spiro atoms. The molecule has 2 nitrogen and oxygen atoms in total. The number of hydrogen-bond acceptors (Lipinski definition) is 2. The van der Waals surface area contributed by atoms with Gasteiger partial charge in [0, 0.05) is 32.5 Å². The van der Waals surface area contributed by atoms with Crippen molar-refractivity contribution in [2.45, 2.75) is 0 Å². The molecule has 0 saturated carbocycles. The number of furan rings is 2. The van der Waals surface area contributed by atoms with Gasteiger partial charge in [-0.05, 0) is 107 Å². The van der Waals surface area contributed by atoms with Crippen LogP contribution < -0.4 is 0 Å². The number of hydrogen-bond donors (Lipinski definition) is 0. The zero-order chi connectivity index (χ0) is 37.9. The van der Waals surface area contributed by atoms with Crippen LogP contribution in [0.15, 0.2) is 203 Å². The fraction of sp³-hybridized carbons (Fsp3) is 0. The van der Waals surface area contributed by atoms with Crippen molar-refractivity contribution in [1.29, 1.82) is 0 Å². The summed E-state index contributed by atoms with van der Waals surface area (Å²) in [4.78, 5) is 0. The molecular weight excluding hydrogens is 705 g/mol. The van der Waals surface area contributed by atoms with Crippen LogP contribution >= 0.6 is 0 Å². The fourth-order valence-corrected chi connectivity index (χ4v) is 9.95. The number of benzene rings is 11. The Morgan fingerprint density at radius 2 is 0.741 bits per heavy atom. The molecule has 0 aliphatic rings. The summed E-state index contributed by atoms with van der Waals surface area (Å²) in [6.07, 6.45) is 0. The minimum atomic E-state index is 0.900. The quantitative estimate of drug-likeness (QED) is 0.133. The first-order valence-electron chi connectivity index (χ1n) is 19.9. The Kier molecular flexibility index (Phi) is 6.47. The van der Waals surface area contributed by atoms with Gasteiger partial charge in [-0.25, -0.2) is 0 Å². The zero-order valence-corrected chi connectivity index (χ0v) is 31.3. The van der Waals surface area contributed by atoms with Crippen molar-refractivity contribution in [3.63, 3.8) is 0 Å². The van der Waals surface area contributed by atoms with Crippen molar-refractivity contribution in [2.24, 2.45) is 0 Å². The van der Waals surface area contributed by atoms with Crippen LogP contribution in [0.1, 0.15) is 0 Å². The number of fused-ring (bicyclic) bond motifs is 14. The molecule has 0 radical (unpaired) electrons. The first-order chi connectivity index (χ1) is 28.8.